The summed E-state index contributed by atoms with van der Waals surface area (Å²) >= 11 is 6.36. The Labute approximate surface area is 187 Å². The highest BCUT2D eigenvalue weighted by molar-refractivity contribution is 7.86. The lowest BCUT2D eigenvalue weighted by Gasteiger charge is -2.15. The number of aromatic nitrogens is 2. The maximum absolute atomic E-state index is 13.0. The number of benzene rings is 3. The predicted molar refractivity (Wildman–Crippen MR) is 127 cm³/mol. The van der Waals surface area contributed by atoms with E-state index in [9.17, 15) is 4.21 Å². The molecule has 7 nitrogen and oxygen atoms in total. The van der Waals surface area contributed by atoms with Crippen LogP contribution in [0.3, 0.4) is 0 Å². The summed E-state index contributed by atoms with van der Waals surface area (Å²) in [4.78, 5) is 9.90. The van der Waals surface area contributed by atoms with Crippen LogP contribution in [0.1, 0.15) is 0 Å². The first-order valence-electron chi connectivity index (χ1n) is 9.41. The van der Waals surface area contributed by atoms with Crippen LogP contribution in [0.15, 0.2) is 71.6 Å². The Bertz CT molecular complexity index is 1270. The summed E-state index contributed by atoms with van der Waals surface area (Å²) in [5.74, 6) is 1.38. The third kappa shape index (κ3) is 4.70. The molecular formula is C22H20ClN5O2S. The first-order valence-corrected chi connectivity index (χ1v) is 10.9. The lowest BCUT2D eigenvalue weighted by atomic mass is 10.3. The zero-order valence-corrected chi connectivity index (χ0v) is 18.4. The number of methoxy groups -OCH3 is 1. The fourth-order valence-electron chi connectivity index (χ4n) is 2.93. The minimum absolute atomic E-state index is 0.339. The maximum Gasteiger partial charge on any atom is 0.182 e. The van der Waals surface area contributed by atoms with Gasteiger partial charge in [0.1, 0.15) is 5.75 Å². The molecule has 0 bridgehead atoms. The first kappa shape index (κ1) is 20.9. The smallest absolute Gasteiger partial charge is 0.182 e. The Morgan fingerprint density at radius 1 is 0.935 bits per heavy atom. The molecular weight excluding hydrogens is 434 g/mol. The Kier molecular flexibility index (Phi) is 6.20. The summed E-state index contributed by atoms with van der Waals surface area (Å²) in [6, 6.07) is 20.0. The van der Waals surface area contributed by atoms with E-state index < -0.39 is 11.0 Å². The number of para-hydroxylation sites is 2. The molecule has 0 amide bonds. The van der Waals surface area contributed by atoms with Gasteiger partial charge in [0.25, 0.3) is 0 Å². The molecule has 9 heteroatoms. The molecule has 0 aliphatic rings. The van der Waals surface area contributed by atoms with Crippen molar-refractivity contribution < 1.29 is 8.95 Å². The van der Waals surface area contributed by atoms with Crippen LogP contribution in [0.4, 0.5) is 23.0 Å². The van der Waals surface area contributed by atoms with Crippen molar-refractivity contribution >= 4 is 56.6 Å². The number of hydrogen-bond donors (Lipinski definition) is 3. The molecule has 0 aliphatic heterocycles. The standard InChI is InChI=1S/C22H20ClN5O2S/c1-24-14-6-5-7-16(12-14)31(29)28-22-21(25-18-8-3-4-9-19(18)26-22)27-20-13-15(30-2)10-11-17(20)23/h3-13,24H,1-2H3,(H,25,27)(H,26,28). The topological polar surface area (TPSA) is 88.2 Å². The van der Waals surface area contributed by atoms with E-state index in [0.717, 1.165) is 5.69 Å². The molecule has 3 N–H and O–H groups in total. The highest BCUT2D eigenvalue weighted by atomic mass is 35.5. The molecule has 0 saturated heterocycles. The zero-order valence-electron chi connectivity index (χ0n) is 16.8. The molecule has 1 unspecified atom stereocenters. The van der Waals surface area contributed by atoms with Gasteiger partial charge < -0.3 is 15.4 Å². The summed E-state index contributed by atoms with van der Waals surface area (Å²) in [5, 5.41) is 6.72. The van der Waals surface area contributed by atoms with Crippen molar-refractivity contribution in [2.24, 2.45) is 0 Å². The molecule has 1 aromatic heterocycles. The molecule has 1 atom stereocenters. The van der Waals surface area contributed by atoms with Gasteiger partial charge in [0.15, 0.2) is 22.6 Å². The SMILES string of the molecule is CNc1cccc(S(=O)Nc2nc3ccccc3nc2Nc2cc(OC)ccc2Cl)c1. The van der Waals surface area contributed by atoms with E-state index in [4.69, 9.17) is 16.3 Å². The van der Waals surface area contributed by atoms with Crippen molar-refractivity contribution in [3.8, 4) is 5.75 Å². The van der Waals surface area contributed by atoms with Gasteiger partial charge in [-0.2, -0.15) is 0 Å². The molecule has 158 valence electrons. The monoisotopic (exact) mass is 453 g/mol. The Hall–Kier alpha value is -3.36. The quantitative estimate of drug-likeness (QED) is 0.356. The summed E-state index contributed by atoms with van der Waals surface area (Å²) < 4.78 is 21.3. The van der Waals surface area contributed by atoms with Gasteiger partial charge in [-0.15, -0.1) is 0 Å². The van der Waals surface area contributed by atoms with Crippen molar-refractivity contribution in [1.82, 2.24) is 9.97 Å². The van der Waals surface area contributed by atoms with Crippen molar-refractivity contribution in [3.05, 3.63) is 71.8 Å². The van der Waals surface area contributed by atoms with Crippen molar-refractivity contribution in [1.29, 1.82) is 0 Å². The fourth-order valence-corrected chi connectivity index (χ4v) is 3.96. The molecule has 0 aliphatic carbocycles. The maximum atomic E-state index is 13.0. The van der Waals surface area contributed by atoms with E-state index in [0.29, 0.717) is 44.0 Å². The third-order valence-corrected chi connectivity index (χ3v) is 5.91. The molecule has 31 heavy (non-hydrogen) atoms. The largest absolute Gasteiger partial charge is 0.497 e. The van der Waals surface area contributed by atoms with Crippen molar-refractivity contribution in [2.45, 2.75) is 4.90 Å². The van der Waals surface area contributed by atoms with Gasteiger partial charge in [0.05, 0.1) is 33.7 Å². The average Bonchev–Trinajstić information content (AvgIpc) is 2.80. The molecule has 0 saturated carbocycles. The number of rotatable bonds is 7. The van der Waals surface area contributed by atoms with E-state index in [-0.39, 0.29) is 0 Å². The van der Waals surface area contributed by atoms with Gasteiger partial charge in [-0.05, 0) is 42.5 Å². The van der Waals surface area contributed by atoms with Crippen molar-refractivity contribution in [3.63, 3.8) is 0 Å². The van der Waals surface area contributed by atoms with Gasteiger partial charge in [-0.1, -0.05) is 29.8 Å². The first-order chi connectivity index (χ1) is 15.1. The Balaban J connectivity index is 1.74. The van der Waals surface area contributed by atoms with Crippen LogP contribution in [0, 0.1) is 0 Å². The second-order valence-corrected chi connectivity index (χ2v) is 8.15. The summed E-state index contributed by atoms with van der Waals surface area (Å²) in [7, 11) is 1.83. The average molecular weight is 454 g/mol. The normalized spacial score (nSPS) is 11.7. The number of nitrogens with one attached hydrogen (secondary N) is 3. The van der Waals surface area contributed by atoms with Crippen LogP contribution in [-0.2, 0) is 11.0 Å². The number of hydrogen-bond acceptors (Lipinski definition) is 6. The predicted octanol–water partition coefficient (Wildman–Crippen LogP) is 5.21. The Morgan fingerprint density at radius 3 is 2.39 bits per heavy atom. The number of anilines is 4. The molecule has 3 aromatic carbocycles. The van der Waals surface area contributed by atoms with Gasteiger partial charge in [0, 0.05) is 18.8 Å². The van der Waals surface area contributed by atoms with Crippen LogP contribution in [0.25, 0.3) is 11.0 Å². The van der Waals surface area contributed by atoms with Crippen LogP contribution in [-0.4, -0.2) is 28.3 Å². The van der Waals surface area contributed by atoms with E-state index in [1.807, 2.05) is 49.5 Å². The third-order valence-electron chi connectivity index (χ3n) is 4.52. The van der Waals surface area contributed by atoms with Gasteiger partial charge in [-0.25, -0.2) is 14.2 Å². The summed E-state index contributed by atoms with van der Waals surface area (Å²) in [6.45, 7) is 0. The summed E-state index contributed by atoms with van der Waals surface area (Å²) in [6.07, 6.45) is 0. The molecule has 0 radical (unpaired) electrons. The molecule has 0 fully saturated rings. The summed E-state index contributed by atoms with van der Waals surface area (Å²) in [5.41, 5.74) is 2.82. The Morgan fingerprint density at radius 2 is 1.68 bits per heavy atom. The molecule has 1 heterocycles. The fraction of sp³-hybridized carbons (Fsp3) is 0.0909. The highest BCUT2D eigenvalue weighted by Crippen LogP contribution is 2.32. The van der Waals surface area contributed by atoms with Crippen LogP contribution in [0.5, 0.6) is 5.75 Å². The highest BCUT2D eigenvalue weighted by Gasteiger charge is 2.15. The number of nitrogens with zero attached hydrogens (tertiary/aromatic N) is 2. The minimum Gasteiger partial charge on any atom is -0.497 e. The van der Waals surface area contributed by atoms with Crippen LogP contribution in [0.2, 0.25) is 5.02 Å². The van der Waals surface area contributed by atoms with E-state index in [1.165, 1.54) is 0 Å². The van der Waals surface area contributed by atoms with Crippen molar-refractivity contribution in [2.75, 3.05) is 29.5 Å². The van der Waals surface area contributed by atoms with Crippen LogP contribution < -0.4 is 20.1 Å². The molecule has 4 rings (SSSR count). The number of halogens is 1. The minimum atomic E-state index is -1.56. The molecule has 4 aromatic rings. The number of fused-ring (bicyclic) bond motifs is 1. The van der Waals surface area contributed by atoms with Crippen LogP contribution >= 0.6 is 11.6 Å². The van der Waals surface area contributed by atoms with E-state index >= 15 is 0 Å². The number of ether oxygens (including phenoxy) is 1. The van der Waals surface area contributed by atoms with E-state index in [1.54, 1.807) is 31.4 Å². The van der Waals surface area contributed by atoms with Gasteiger partial charge in [-0.3, -0.25) is 4.72 Å². The lowest BCUT2D eigenvalue weighted by molar-refractivity contribution is 0.415. The lowest BCUT2D eigenvalue weighted by Crippen LogP contribution is -2.10. The molecule has 0 spiro atoms. The zero-order chi connectivity index (χ0) is 21.8. The van der Waals surface area contributed by atoms with Gasteiger partial charge in [0.2, 0.25) is 0 Å². The second-order valence-electron chi connectivity index (χ2n) is 6.53. The van der Waals surface area contributed by atoms with Gasteiger partial charge >= 0.3 is 0 Å². The van der Waals surface area contributed by atoms with E-state index in [2.05, 4.69) is 25.3 Å². The second kappa shape index (κ2) is 9.20.